The predicted molar refractivity (Wildman–Crippen MR) is 62.6 cm³/mol. The number of morpholine rings is 1. The van der Waals surface area contributed by atoms with E-state index in [-0.39, 0.29) is 6.10 Å². The SMILES string of the molecule is CCCC(C)(C(=O)O)N1CCOC(CC)C1. The van der Waals surface area contributed by atoms with Gasteiger partial charge in [0.05, 0.1) is 12.7 Å². The van der Waals surface area contributed by atoms with Crippen LogP contribution in [-0.4, -0.2) is 47.3 Å². The van der Waals surface area contributed by atoms with E-state index >= 15 is 0 Å². The van der Waals surface area contributed by atoms with Crippen LogP contribution in [0.3, 0.4) is 0 Å². The lowest BCUT2D eigenvalue weighted by atomic mass is 9.92. The van der Waals surface area contributed by atoms with Gasteiger partial charge in [0.1, 0.15) is 5.54 Å². The first-order chi connectivity index (χ1) is 7.54. The van der Waals surface area contributed by atoms with Gasteiger partial charge >= 0.3 is 5.97 Å². The molecule has 2 unspecified atom stereocenters. The first-order valence-electron chi connectivity index (χ1n) is 6.14. The number of carboxylic acid groups (broad SMARTS) is 1. The molecule has 0 radical (unpaired) electrons. The van der Waals surface area contributed by atoms with Crippen LogP contribution in [0.1, 0.15) is 40.0 Å². The molecule has 94 valence electrons. The summed E-state index contributed by atoms with van der Waals surface area (Å²) in [6.07, 6.45) is 2.71. The molecule has 16 heavy (non-hydrogen) atoms. The molecular weight excluding hydrogens is 206 g/mol. The highest BCUT2D eigenvalue weighted by Gasteiger charge is 2.40. The van der Waals surface area contributed by atoms with Gasteiger partial charge in [-0.1, -0.05) is 20.3 Å². The average molecular weight is 229 g/mol. The maximum atomic E-state index is 11.4. The molecule has 0 amide bonds. The number of rotatable bonds is 5. The van der Waals surface area contributed by atoms with Gasteiger partial charge in [0.25, 0.3) is 0 Å². The topological polar surface area (TPSA) is 49.8 Å². The van der Waals surface area contributed by atoms with Crippen molar-refractivity contribution in [3.63, 3.8) is 0 Å². The fourth-order valence-electron chi connectivity index (χ4n) is 2.30. The van der Waals surface area contributed by atoms with E-state index in [1.165, 1.54) is 0 Å². The second-order valence-electron chi connectivity index (χ2n) is 4.68. The van der Waals surface area contributed by atoms with Crippen LogP contribution in [0.25, 0.3) is 0 Å². The molecule has 0 bridgehead atoms. The van der Waals surface area contributed by atoms with Gasteiger partial charge in [-0.25, -0.2) is 0 Å². The van der Waals surface area contributed by atoms with Gasteiger partial charge in [0.2, 0.25) is 0 Å². The summed E-state index contributed by atoms with van der Waals surface area (Å²) in [7, 11) is 0. The fourth-order valence-corrected chi connectivity index (χ4v) is 2.30. The first-order valence-corrected chi connectivity index (χ1v) is 6.14. The molecule has 2 atom stereocenters. The van der Waals surface area contributed by atoms with Gasteiger partial charge in [0.15, 0.2) is 0 Å². The number of hydrogen-bond acceptors (Lipinski definition) is 3. The maximum Gasteiger partial charge on any atom is 0.323 e. The van der Waals surface area contributed by atoms with Crippen LogP contribution in [0, 0.1) is 0 Å². The van der Waals surface area contributed by atoms with E-state index in [9.17, 15) is 9.90 Å². The van der Waals surface area contributed by atoms with Crippen LogP contribution in [0.2, 0.25) is 0 Å². The molecule has 4 nitrogen and oxygen atoms in total. The van der Waals surface area contributed by atoms with Gasteiger partial charge in [-0.2, -0.15) is 0 Å². The second kappa shape index (κ2) is 5.64. The van der Waals surface area contributed by atoms with E-state index in [1.807, 2.05) is 13.8 Å². The monoisotopic (exact) mass is 229 g/mol. The van der Waals surface area contributed by atoms with E-state index in [0.717, 1.165) is 25.9 Å². The van der Waals surface area contributed by atoms with E-state index < -0.39 is 11.5 Å². The van der Waals surface area contributed by atoms with Crippen molar-refractivity contribution in [2.45, 2.75) is 51.7 Å². The van der Waals surface area contributed by atoms with Crippen LogP contribution >= 0.6 is 0 Å². The van der Waals surface area contributed by atoms with Crippen molar-refractivity contribution in [3.8, 4) is 0 Å². The smallest absolute Gasteiger partial charge is 0.323 e. The van der Waals surface area contributed by atoms with Gasteiger partial charge in [-0.3, -0.25) is 9.69 Å². The molecule has 1 fully saturated rings. The molecule has 1 N–H and O–H groups in total. The minimum Gasteiger partial charge on any atom is -0.480 e. The van der Waals surface area contributed by atoms with E-state index in [0.29, 0.717) is 13.0 Å². The minimum atomic E-state index is -0.730. The summed E-state index contributed by atoms with van der Waals surface area (Å²) in [4.78, 5) is 13.5. The predicted octanol–water partition coefficient (Wildman–Crippen LogP) is 1.74. The summed E-state index contributed by atoms with van der Waals surface area (Å²) >= 11 is 0. The number of ether oxygens (including phenoxy) is 1. The molecular formula is C12H23NO3. The highest BCUT2D eigenvalue weighted by Crippen LogP contribution is 2.25. The summed E-state index contributed by atoms with van der Waals surface area (Å²) < 4.78 is 5.58. The van der Waals surface area contributed by atoms with E-state index in [4.69, 9.17) is 4.74 Å². The van der Waals surface area contributed by atoms with Gasteiger partial charge in [0, 0.05) is 13.1 Å². The van der Waals surface area contributed by atoms with Crippen LogP contribution in [0.15, 0.2) is 0 Å². The summed E-state index contributed by atoms with van der Waals surface area (Å²) in [6, 6.07) is 0. The highest BCUT2D eigenvalue weighted by atomic mass is 16.5. The average Bonchev–Trinajstić information content (AvgIpc) is 2.29. The summed E-state index contributed by atoms with van der Waals surface area (Å²) in [5.74, 6) is -0.717. The lowest BCUT2D eigenvalue weighted by molar-refractivity contribution is -0.157. The van der Waals surface area contributed by atoms with Crippen LogP contribution in [0.4, 0.5) is 0 Å². The molecule has 0 aliphatic carbocycles. The lowest BCUT2D eigenvalue weighted by Gasteiger charge is -2.42. The Bertz CT molecular complexity index is 244. The van der Waals surface area contributed by atoms with Crippen LogP contribution in [0.5, 0.6) is 0 Å². The third-order valence-electron chi connectivity index (χ3n) is 3.49. The zero-order valence-electron chi connectivity index (χ0n) is 10.5. The van der Waals surface area contributed by atoms with E-state index in [2.05, 4.69) is 11.8 Å². The number of carboxylic acids is 1. The molecule has 1 saturated heterocycles. The van der Waals surface area contributed by atoms with Crippen molar-refractivity contribution in [3.05, 3.63) is 0 Å². The summed E-state index contributed by atoms with van der Waals surface area (Å²) in [6.45, 7) is 8.03. The Morgan fingerprint density at radius 1 is 1.56 bits per heavy atom. The molecule has 0 saturated carbocycles. The number of aliphatic carboxylic acids is 1. The zero-order valence-corrected chi connectivity index (χ0v) is 10.5. The Labute approximate surface area is 97.6 Å². The first kappa shape index (κ1) is 13.5. The third-order valence-corrected chi connectivity index (χ3v) is 3.49. The summed E-state index contributed by atoms with van der Waals surface area (Å²) in [5.41, 5.74) is -0.730. The number of nitrogens with zero attached hydrogens (tertiary/aromatic N) is 1. The lowest BCUT2D eigenvalue weighted by Crippen LogP contribution is -2.58. The minimum absolute atomic E-state index is 0.185. The number of hydrogen-bond donors (Lipinski definition) is 1. The maximum absolute atomic E-state index is 11.4. The van der Waals surface area contributed by atoms with Crippen LogP contribution in [-0.2, 0) is 9.53 Å². The third kappa shape index (κ3) is 2.74. The van der Waals surface area contributed by atoms with Crippen molar-refractivity contribution in [1.82, 2.24) is 4.90 Å². The second-order valence-corrected chi connectivity index (χ2v) is 4.68. The molecule has 1 aliphatic heterocycles. The Balaban J connectivity index is 2.74. The molecule has 0 aromatic rings. The normalized spacial score (nSPS) is 26.3. The quantitative estimate of drug-likeness (QED) is 0.780. The van der Waals surface area contributed by atoms with Gasteiger partial charge in [-0.15, -0.1) is 0 Å². The van der Waals surface area contributed by atoms with Crippen LogP contribution < -0.4 is 0 Å². The van der Waals surface area contributed by atoms with Crippen molar-refractivity contribution >= 4 is 5.97 Å². The fraction of sp³-hybridized carbons (Fsp3) is 0.917. The molecule has 1 heterocycles. The molecule has 1 aliphatic rings. The zero-order chi connectivity index (χ0) is 12.2. The highest BCUT2D eigenvalue weighted by molar-refractivity contribution is 5.78. The summed E-state index contributed by atoms with van der Waals surface area (Å²) in [5, 5.41) is 9.39. The Hall–Kier alpha value is -0.610. The molecule has 0 aromatic carbocycles. The largest absolute Gasteiger partial charge is 0.480 e. The van der Waals surface area contributed by atoms with Gasteiger partial charge in [-0.05, 0) is 19.8 Å². The number of carbonyl (C=O) groups is 1. The molecule has 4 heteroatoms. The van der Waals surface area contributed by atoms with Gasteiger partial charge < -0.3 is 9.84 Å². The van der Waals surface area contributed by atoms with Crippen molar-refractivity contribution in [2.75, 3.05) is 19.7 Å². The molecule has 0 spiro atoms. The standard InChI is InChI=1S/C12H23NO3/c1-4-6-12(3,11(14)15)13-7-8-16-10(5-2)9-13/h10H,4-9H2,1-3H3,(H,14,15). The van der Waals surface area contributed by atoms with Crippen molar-refractivity contribution in [2.24, 2.45) is 0 Å². The molecule has 1 rings (SSSR count). The molecule has 0 aromatic heterocycles. The Morgan fingerprint density at radius 3 is 2.75 bits per heavy atom. The van der Waals surface area contributed by atoms with Crippen molar-refractivity contribution in [1.29, 1.82) is 0 Å². The Morgan fingerprint density at radius 2 is 2.25 bits per heavy atom. The Kier molecular flexibility index (Phi) is 4.74. The van der Waals surface area contributed by atoms with E-state index in [1.54, 1.807) is 0 Å². The van der Waals surface area contributed by atoms with Crippen molar-refractivity contribution < 1.29 is 14.6 Å².